The predicted molar refractivity (Wildman–Crippen MR) is 83.3 cm³/mol. The smallest absolute Gasteiger partial charge is 0.307 e. The number of nitrogens with zero attached hydrogens (tertiary/aromatic N) is 1. The third-order valence-corrected chi connectivity index (χ3v) is 3.42. The third kappa shape index (κ3) is 4.46. The Labute approximate surface area is 125 Å². The van der Waals surface area contributed by atoms with E-state index in [0.717, 1.165) is 17.7 Å². The van der Waals surface area contributed by atoms with Crippen molar-refractivity contribution < 1.29 is 9.90 Å². The number of aliphatic carboxylic acids is 1. The summed E-state index contributed by atoms with van der Waals surface area (Å²) in [5.74, 6) is -0.795. The highest BCUT2D eigenvalue weighted by Gasteiger charge is 2.08. The minimum Gasteiger partial charge on any atom is -0.481 e. The molecule has 0 bridgehead atoms. The first-order valence-corrected chi connectivity index (χ1v) is 7.22. The van der Waals surface area contributed by atoms with Crippen molar-refractivity contribution >= 4 is 5.97 Å². The van der Waals surface area contributed by atoms with Crippen molar-refractivity contribution in [3.05, 3.63) is 59.4 Å². The Morgan fingerprint density at radius 1 is 1.19 bits per heavy atom. The fourth-order valence-electron chi connectivity index (χ4n) is 2.30. The van der Waals surface area contributed by atoms with Gasteiger partial charge in [-0.25, -0.2) is 0 Å². The summed E-state index contributed by atoms with van der Waals surface area (Å²) in [6.45, 7) is 5.75. The molecule has 1 heterocycles. The number of hydrogen-bond acceptors (Lipinski definition) is 2. The van der Waals surface area contributed by atoms with Gasteiger partial charge in [-0.3, -0.25) is 4.79 Å². The van der Waals surface area contributed by atoms with E-state index in [1.54, 1.807) is 0 Å². The average molecular weight is 286 g/mol. The molecule has 2 rings (SSSR count). The Hall–Kier alpha value is -2.07. The molecule has 0 saturated heterocycles. The van der Waals surface area contributed by atoms with Crippen LogP contribution in [0.1, 0.15) is 30.7 Å². The van der Waals surface area contributed by atoms with Crippen molar-refractivity contribution in [3.8, 4) is 0 Å². The summed E-state index contributed by atoms with van der Waals surface area (Å²) in [4.78, 5) is 11.0. The minimum absolute atomic E-state index is 0.0665. The third-order valence-electron chi connectivity index (χ3n) is 3.42. The Kier molecular flexibility index (Phi) is 5.17. The second-order valence-electron chi connectivity index (χ2n) is 5.50. The molecule has 0 amide bonds. The van der Waals surface area contributed by atoms with Crippen LogP contribution in [-0.4, -0.2) is 21.7 Å². The summed E-state index contributed by atoms with van der Waals surface area (Å²) in [6.07, 6.45) is 2.10. The van der Waals surface area contributed by atoms with Crippen molar-refractivity contribution in [1.29, 1.82) is 0 Å². The molecule has 1 aromatic carbocycles. The summed E-state index contributed by atoms with van der Waals surface area (Å²) in [7, 11) is 0. The van der Waals surface area contributed by atoms with Crippen LogP contribution in [0.3, 0.4) is 0 Å². The van der Waals surface area contributed by atoms with Gasteiger partial charge < -0.3 is 15.0 Å². The van der Waals surface area contributed by atoms with Gasteiger partial charge in [-0.15, -0.1) is 0 Å². The molecule has 0 aliphatic rings. The van der Waals surface area contributed by atoms with Gasteiger partial charge in [-0.1, -0.05) is 38.1 Å². The van der Waals surface area contributed by atoms with Gasteiger partial charge in [0.05, 0.1) is 6.42 Å². The summed E-state index contributed by atoms with van der Waals surface area (Å²) in [5.41, 5.74) is 3.14. The van der Waals surface area contributed by atoms with Crippen LogP contribution in [0.25, 0.3) is 0 Å². The average Bonchev–Trinajstić information content (AvgIpc) is 2.85. The summed E-state index contributed by atoms with van der Waals surface area (Å²) in [5, 5.41) is 12.4. The lowest BCUT2D eigenvalue weighted by Crippen LogP contribution is -2.23. The maximum Gasteiger partial charge on any atom is 0.307 e. The largest absolute Gasteiger partial charge is 0.481 e. The summed E-state index contributed by atoms with van der Waals surface area (Å²) < 4.78 is 2.16. The van der Waals surface area contributed by atoms with E-state index in [1.807, 2.05) is 36.5 Å². The number of rotatable bonds is 7. The molecule has 0 spiro atoms. The topological polar surface area (TPSA) is 54.3 Å². The number of hydrogen-bond donors (Lipinski definition) is 2. The molecule has 0 unspecified atom stereocenters. The first-order chi connectivity index (χ1) is 10.1. The zero-order valence-electron chi connectivity index (χ0n) is 12.5. The van der Waals surface area contributed by atoms with E-state index >= 15 is 0 Å². The van der Waals surface area contributed by atoms with Crippen LogP contribution in [-0.2, 0) is 24.3 Å². The number of benzene rings is 1. The molecule has 112 valence electrons. The monoisotopic (exact) mass is 286 g/mol. The van der Waals surface area contributed by atoms with Gasteiger partial charge in [0.1, 0.15) is 0 Å². The van der Waals surface area contributed by atoms with Gasteiger partial charge in [0.2, 0.25) is 0 Å². The van der Waals surface area contributed by atoms with E-state index in [9.17, 15) is 4.79 Å². The van der Waals surface area contributed by atoms with Crippen LogP contribution in [0, 0.1) is 0 Å². The maximum absolute atomic E-state index is 11.0. The van der Waals surface area contributed by atoms with Gasteiger partial charge in [0.25, 0.3) is 0 Å². The van der Waals surface area contributed by atoms with Crippen molar-refractivity contribution in [2.45, 2.75) is 39.4 Å². The molecule has 0 atom stereocenters. The fourth-order valence-corrected chi connectivity index (χ4v) is 2.30. The Bertz CT molecular complexity index is 602. The Morgan fingerprint density at radius 3 is 2.57 bits per heavy atom. The molecule has 4 nitrogen and oxygen atoms in total. The zero-order chi connectivity index (χ0) is 15.2. The SMILES string of the molecule is CC(C)NCc1cccn1Cc1ccccc1CC(=O)O. The molecular formula is C17H22N2O2. The maximum atomic E-state index is 11.0. The lowest BCUT2D eigenvalue weighted by molar-refractivity contribution is -0.136. The molecule has 0 fully saturated rings. The number of carbonyl (C=O) groups is 1. The quantitative estimate of drug-likeness (QED) is 0.822. The van der Waals surface area contributed by atoms with E-state index in [2.05, 4.69) is 29.8 Å². The van der Waals surface area contributed by atoms with Gasteiger partial charge in [0.15, 0.2) is 0 Å². The number of aromatic nitrogens is 1. The Balaban J connectivity index is 2.15. The number of carboxylic acid groups (broad SMARTS) is 1. The van der Waals surface area contributed by atoms with Crippen molar-refractivity contribution in [2.75, 3.05) is 0 Å². The van der Waals surface area contributed by atoms with E-state index in [0.29, 0.717) is 12.6 Å². The van der Waals surface area contributed by atoms with Gasteiger partial charge >= 0.3 is 5.97 Å². The van der Waals surface area contributed by atoms with Crippen LogP contribution < -0.4 is 5.32 Å². The molecule has 2 aromatic rings. The zero-order valence-corrected chi connectivity index (χ0v) is 12.5. The van der Waals surface area contributed by atoms with E-state index < -0.39 is 5.97 Å². The van der Waals surface area contributed by atoms with Crippen LogP contribution in [0.15, 0.2) is 42.6 Å². The molecule has 21 heavy (non-hydrogen) atoms. The molecule has 0 aliphatic heterocycles. The van der Waals surface area contributed by atoms with Crippen LogP contribution >= 0.6 is 0 Å². The molecule has 4 heteroatoms. The fraction of sp³-hybridized carbons (Fsp3) is 0.353. The van der Waals surface area contributed by atoms with Crippen LogP contribution in [0.5, 0.6) is 0 Å². The molecular weight excluding hydrogens is 264 g/mol. The van der Waals surface area contributed by atoms with Crippen molar-refractivity contribution in [3.63, 3.8) is 0 Å². The highest BCUT2D eigenvalue weighted by Crippen LogP contribution is 2.14. The highest BCUT2D eigenvalue weighted by atomic mass is 16.4. The van der Waals surface area contributed by atoms with Crippen LogP contribution in [0.4, 0.5) is 0 Å². The van der Waals surface area contributed by atoms with E-state index in [4.69, 9.17) is 5.11 Å². The Morgan fingerprint density at radius 2 is 1.90 bits per heavy atom. The number of nitrogens with one attached hydrogen (secondary N) is 1. The van der Waals surface area contributed by atoms with Crippen molar-refractivity contribution in [2.24, 2.45) is 0 Å². The molecule has 0 aliphatic carbocycles. The minimum atomic E-state index is -0.795. The molecule has 0 radical (unpaired) electrons. The summed E-state index contributed by atoms with van der Waals surface area (Å²) in [6, 6.07) is 12.3. The van der Waals surface area contributed by atoms with Gasteiger partial charge in [-0.05, 0) is 23.3 Å². The molecule has 2 N–H and O–H groups in total. The van der Waals surface area contributed by atoms with Crippen LogP contribution in [0.2, 0.25) is 0 Å². The molecule has 1 aromatic heterocycles. The predicted octanol–water partition coefficient (Wildman–Crippen LogP) is 2.66. The summed E-state index contributed by atoms with van der Waals surface area (Å²) >= 11 is 0. The van der Waals surface area contributed by atoms with E-state index in [-0.39, 0.29) is 6.42 Å². The highest BCUT2D eigenvalue weighted by molar-refractivity contribution is 5.70. The molecule has 0 saturated carbocycles. The second-order valence-corrected chi connectivity index (χ2v) is 5.50. The second kappa shape index (κ2) is 7.09. The standard InChI is InChI=1S/C17H22N2O2/c1-13(2)18-11-16-8-5-9-19(16)12-15-7-4-3-6-14(15)10-17(20)21/h3-9,13,18H,10-12H2,1-2H3,(H,20,21). The first-order valence-electron chi connectivity index (χ1n) is 7.22. The number of carboxylic acids is 1. The van der Waals surface area contributed by atoms with Gasteiger partial charge in [0, 0.05) is 31.0 Å². The first kappa shape index (κ1) is 15.3. The lowest BCUT2D eigenvalue weighted by Gasteiger charge is -2.14. The van der Waals surface area contributed by atoms with E-state index in [1.165, 1.54) is 5.69 Å². The van der Waals surface area contributed by atoms with Crippen molar-refractivity contribution in [1.82, 2.24) is 9.88 Å². The normalized spacial score (nSPS) is 11.0. The lowest BCUT2D eigenvalue weighted by atomic mass is 10.0. The van der Waals surface area contributed by atoms with Gasteiger partial charge in [-0.2, -0.15) is 0 Å².